The van der Waals surface area contributed by atoms with E-state index in [9.17, 15) is 4.79 Å². The molecule has 0 fully saturated rings. The summed E-state index contributed by atoms with van der Waals surface area (Å²) >= 11 is 5.95. The molecule has 0 saturated carbocycles. The fraction of sp³-hybridized carbons (Fsp3) is 0.208. The Morgan fingerprint density at radius 1 is 0.897 bits per heavy atom. The highest BCUT2D eigenvalue weighted by molar-refractivity contribution is 6.30. The predicted molar refractivity (Wildman–Crippen MR) is 116 cm³/mol. The van der Waals surface area contributed by atoms with Gasteiger partial charge >= 0.3 is 0 Å². The Kier molecular flexibility index (Phi) is 7.14. The lowest BCUT2D eigenvalue weighted by atomic mass is 9.95. The van der Waals surface area contributed by atoms with Gasteiger partial charge < -0.3 is 14.2 Å². The van der Waals surface area contributed by atoms with Crippen molar-refractivity contribution >= 4 is 17.9 Å². The molecular weight excluding hydrogens is 388 g/mol. The highest BCUT2D eigenvalue weighted by Crippen LogP contribution is 2.38. The van der Waals surface area contributed by atoms with Crippen LogP contribution in [0.4, 0.5) is 0 Å². The molecule has 0 unspecified atom stereocenters. The lowest BCUT2D eigenvalue weighted by Gasteiger charge is -2.16. The molecule has 0 heterocycles. The van der Waals surface area contributed by atoms with Gasteiger partial charge in [-0.1, -0.05) is 31.0 Å². The lowest BCUT2D eigenvalue weighted by molar-refractivity contribution is -0.109. The van der Waals surface area contributed by atoms with Crippen molar-refractivity contribution < 1.29 is 19.0 Å². The number of benzene rings is 3. The number of carbonyl (C=O) groups excluding carboxylic acids is 1. The van der Waals surface area contributed by atoms with Crippen molar-refractivity contribution in [2.24, 2.45) is 0 Å². The van der Waals surface area contributed by atoms with Crippen molar-refractivity contribution in [1.29, 1.82) is 0 Å². The van der Waals surface area contributed by atoms with Crippen molar-refractivity contribution in [2.75, 3.05) is 13.7 Å². The summed E-state index contributed by atoms with van der Waals surface area (Å²) < 4.78 is 17.0. The van der Waals surface area contributed by atoms with Crippen LogP contribution in [0.2, 0.25) is 5.02 Å². The molecule has 3 rings (SSSR count). The Balaban J connectivity index is 2.00. The van der Waals surface area contributed by atoms with Gasteiger partial charge in [-0.15, -0.1) is 0 Å². The summed E-state index contributed by atoms with van der Waals surface area (Å²) in [7, 11) is 1.63. The van der Waals surface area contributed by atoms with Crippen molar-refractivity contribution in [3.63, 3.8) is 0 Å². The summed E-state index contributed by atoms with van der Waals surface area (Å²) in [6, 6.07) is 18.8. The van der Waals surface area contributed by atoms with E-state index in [4.69, 9.17) is 25.8 Å². The van der Waals surface area contributed by atoms with Crippen LogP contribution in [0.25, 0.3) is 11.1 Å². The average Bonchev–Trinajstić information content (AvgIpc) is 2.74. The lowest BCUT2D eigenvalue weighted by Crippen LogP contribution is -2.01. The zero-order chi connectivity index (χ0) is 20.6. The van der Waals surface area contributed by atoms with Gasteiger partial charge in [0.25, 0.3) is 0 Å². The minimum Gasteiger partial charge on any atom is -0.497 e. The fourth-order valence-corrected chi connectivity index (χ4v) is 3.23. The second-order valence-corrected chi connectivity index (χ2v) is 6.90. The molecule has 0 amide bonds. The Bertz CT molecular complexity index is 967. The molecule has 3 aromatic rings. The number of hydrogen-bond acceptors (Lipinski definition) is 4. The van der Waals surface area contributed by atoms with Crippen LogP contribution in [0.3, 0.4) is 0 Å². The van der Waals surface area contributed by atoms with Crippen LogP contribution in [0.1, 0.15) is 18.9 Å². The van der Waals surface area contributed by atoms with E-state index < -0.39 is 0 Å². The SMILES string of the molecule is CCCc1cc(Oc2ccc(Cl)cc2)ccc1-c1cc(OC)ccc1OCC=O. The van der Waals surface area contributed by atoms with Gasteiger partial charge in [0, 0.05) is 10.6 Å². The molecule has 0 bridgehead atoms. The Morgan fingerprint density at radius 2 is 1.62 bits per heavy atom. The smallest absolute Gasteiger partial charge is 0.157 e. The van der Waals surface area contributed by atoms with Gasteiger partial charge in [0.05, 0.1) is 7.11 Å². The standard InChI is InChI=1S/C24H23ClO4/c1-3-4-17-15-21(29-19-7-5-18(25)6-8-19)9-11-22(17)23-16-20(27-2)10-12-24(23)28-14-13-26/h5-13,15-16H,3-4,14H2,1-2H3. The Hall–Kier alpha value is -2.98. The summed E-state index contributed by atoms with van der Waals surface area (Å²) in [4.78, 5) is 10.8. The summed E-state index contributed by atoms with van der Waals surface area (Å²) in [5.41, 5.74) is 3.03. The molecule has 0 aliphatic rings. The van der Waals surface area contributed by atoms with E-state index in [0.717, 1.165) is 53.1 Å². The molecular formula is C24H23ClO4. The normalized spacial score (nSPS) is 10.4. The number of aryl methyl sites for hydroxylation is 1. The van der Waals surface area contributed by atoms with Gasteiger partial charge in [0.15, 0.2) is 6.29 Å². The van der Waals surface area contributed by atoms with Crippen LogP contribution in [0.15, 0.2) is 60.7 Å². The van der Waals surface area contributed by atoms with Gasteiger partial charge in [-0.05, 0) is 72.1 Å². The van der Waals surface area contributed by atoms with Crippen LogP contribution in [0.5, 0.6) is 23.0 Å². The van der Waals surface area contributed by atoms with E-state index in [1.165, 1.54) is 0 Å². The van der Waals surface area contributed by atoms with E-state index in [1.807, 2.05) is 48.5 Å². The maximum Gasteiger partial charge on any atom is 0.157 e. The van der Waals surface area contributed by atoms with E-state index in [2.05, 4.69) is 6.92 Å². The van der Waals surface area contributed by atoms with Gasteiger partial charge in [-0.25, -0.2) is 0 Å². The largest absolute Gasteiger partial charge is 0.497 e. The Morgan fingerprint density at radius 3 is 2.31 bits per heavy atom. The third-order valence-corrected chi connectivity index (χ3v) is 4.68. The van der Waals surface area contributed by atoms with Gasteiger partial charge in [0.2, 0.25) is 0 Å². The monoisotopic (exact) mass is 410 g/mol. The van der Waals surface area contributed by atoms with Crippen LogP contribution in [0, 0.1) is 0 Å². The van der Waals surface area contributed by atoms with Crippen LogP contribution < -0.4 is 14.2 Å². The average molecular weight is 411 g/mol. The quantitative estimate of drug-likeness (QED) is 0.386. The first-order chi connectivity index (χ1) is 14.1. The number of carbonyl (C=O) groups is 1. The maximum atomic E-state index is 10.8. The maximum absolute atomic E-state index is 10.8. The minimum absolute atomic E-state index is 0.000200. The van der Waals surface area contributed by atoms with Crippen molar-refractivity contribution in [3.8, 4) is 34.1 Å². The molecule has 0 aliphatic heterocycles. The molecule has 3 aromatic carbocycles. The third kappa shape index (κ3) is 5.30. The first kappa shape index (κ1) is 20.7. The molecule has 5 heteroatoms. The van der Waals surface area contributed by atoms with Gasteiger partial charge in [0.1, 0.15) is 29.6 Å². The number of ether oxygens (including phenoxy) is 3. The van der Waals surface area contributed by atoms with E-state index >= 15 is 0 Å². The number of methoxy groups -OCH3 is 1. The summed E-state index contributed by atoms with van der Waals surface area (Å²) in [5.74, 6) is 2.84. The predicted octanol–water partition coefficient (Wildman–Crippen LogP) is 6.34. The third-order valence-electron chi connectivity index (χ3n) is 4.43. The molecule has 0 radical (unpaired) electrons. The topological polar surface area (TPSA) is 44.8 Å². The van der Waals surface area contributed by atoms with Gasteiger partial charge in [-0.3, -0.25) is 4.79 Å². The molecule has 0 atom stereocenters. The molecule has 0 aromatic heterocycles. The van der Waals surface area contributed by atoms with Crippen molar-refractivity contribution in [1.82, 2.24) is 0 Å². The molecule has 150 valence electrons. The molecule has 4 nitrogen and oxygen atoms in total. The fourth-order valence-electron chi connectivity index (χ4n) is 3.11. The highest BCUT2D eigenvalue weighted by Gasteiger charge is 2.14. The van der Waals surface area contributed by atoms with E-state index in [0.29, 0.717) is 10.8 Å². The zero-order valence-electron chi connectivity index (χ0n) is 16.5. The van der Waals surface area contributed by atoms with E-state index in [-0.39, 0.29) is 6.61 Å². The van der Waals surface area contributed by atoms with Crippen molar-refractivity contribution in [3.05, 3.63) is 71.2 Å². The summed E-state index contributed by atoms with van der Waals surface area (Å²) in [5, 5.41) is 0.667. The first-order valence-corrected chi connectivity index (χ1v) is 9.83. The Labute approximate surface area is 176 Å². The van der Waals surface area contributed by atoms with Crippen LogP contribution in [-0.2, 0) is 11.2 Å². The summed E-state index contributed by atoms with van der Waals surface area (Å²) in [6.45, 7) is 2.13. The number of halogens is 1. The second-order valence-electron chi connectivity index (χ2n) is 6.46. The first-order valence-electron chi connectivity index (χ1n) is 9.45. The van der Waals surface area contributed by atoms with Crippen molar-refractivity contribution in [2.45, 2.75) is 19.8 Å². The zero-order valence-corrected chi connectivity index (χ0v) is 17.2. The highest BCUT2D eigenvalue weighted by atomic mass is 35.5. The van der Waals surface area contributed by atoms with E-state index in [1.54, 1.807) is 19.2 Å². The summed E-state index contributed by atoms with van der Waals surface area (Å²) in [6.07, 6.45) is 2.59. The number of hydrogen-bond donors (Lipinski definition) is 0. The second kappa shape index (κ2) is 9.99. The number of aldehydes is 1. The molecule has 0 spiro atoms. The minimum atomic E-state index is 0.000200. The molecule has 0 saturated heterocycles. The van der Waals surface area contributed by atoms with Crippen LogP contribution in [-0.4, -0.2) is 20.0 Å². The molecule has 0 aliphatic carbocycles. The van der Waals surface area contributed by atoms with Crippen LogP contribution >= 0.6 is 11.6 Å². The molecule has 0 N–H and O–H groups in total. The number of rotatable bonds is 9. The molecule has 29 heavy (non-hydrogen) atoms. The van der Waals surface area contributed by atoms with Gasteiger partial charge in [-0.2, -0.15) is 0 Å².